The number of aromatic amines is 1. The van der Waals surface area contributed by atoms with Crippen molar-refractivity contribution in [3.63, 3.8) is 0 Å². The molecule has 196 valence electrons. The van der Waals surface area contributed by atoms with E-state index in [-0.39, 0.29) is 11.8 Å². The minimum Gasteiger partial charge on any atom is -0.421 e. The van der Waals surface area contributed by atoms with Crippen LogP contribution in [0.15, 0.2) is 34.3 Å². The van der Waals surface area contributed by atoms with E-state index in [0.717, 1.165) is 60.2 Å². The van der Waals surface area contributed by atoms with E-state index in [4.69, 9.17) is 9.73 Å². The summed E-state index contributed by atoms with van der Waals surface area (Å²) in [6, 6.07) is 7.25. The largest absolute Gasteiger partial charge is 0.421 e. The lowest BCUT2D eigenvalue weighted by atomic mass is 9.96. The van der Waals surface area contributed by atoms with Crippen LogP contribution in [0.2, 0.25) is 0 Å². The number of ether oxygens (including phenoxy) is 1. The SMILES string of the molecule is CCC(C)C(CC(=NC)C1CC1)=Nc1cc(N2CCSCC2)nc(Oc2ccc3[nH]c(C)cc3c2F)n1. The molecule has 0 bridgehead atoms. The average molecular weight is 523 g/mol. The maximum Gasteiger partial charge on any atom is 0.326 e. The van der Waals surface area contributed by atoms with Gasteiger partial charge in [-0.1, -0.05) is 13.8 Å². The van der Waals surface area contributed by atoms with Gasteiger partial charge in [-0.25, -0.2) is 9.38 Å². The zero-order valence-electron chi connectivity index (χ0n) is 22.1. The van der Waals surface area contributed by atoms with Crippen LogP contribution < -0.4 is 9.64 Å². The van der Waals surface area contributed by atoms with E-state index < -0.39 is 5.82 Å². The molecular weight excluding hydrogens is 487 g/mol. The fourth-order valence-electron chi connectivity index (χ4n) is 4.64. The standard InChI is InChI=1S/C28H35FN6OS/c1-5-17(2)22(15-23(30-4)19-6-7-19)32-25-16-26(35-10-12-37-13-11-35)34-28(33-25)36-24-9-8-21-20(27(24)29)14-18(3)31-21/h8-9,14,16-17,19,31H,5-7,10-13,15H2,1-4H3. The van der Waals surface area contributed by atoms with Crippen LogP contribution in [0, 0.1) is 24.6 Å². The molecule has 0 amide bonds. The fourth-order valence-corrected chi connectivity index (χ4v) is 5.54. The van der Waals surface area contributed by atoms with Crippen LogP contribution in [0.1, 0.15) is 45.2 Å². The van der Waals surface area contributed by atoms with E-state index in [1.165, 1.54) is 18.6 Å². The number of anilines is 1. The number of benzene rings is 1. The van der Waals surface area contributed by atoms with Crippen molar-refractivity contribution in [1.29, 1.82) is 0 Å². The van der Waals surface area contributed by atoms with E-state index in [9.17, 15) is 0 Å². The Kier molecular flexibility index (Phi) is 7.79. The van der Waals surface area contributed by atoms with Gasteiger partial charge < -0.3 is 14.6 Å². The minimum atomic E-state index is -0.427. The molecule has 1 aliphatic heterocycles. The Bertz CT molecular complexity index is 1330. The first-order valence-electron chi connectivity index (χ1n) is 13.2. The molecule has 0 spiro atoms. The molecule has 1 atom stereocenters. The highest BCUT2D eigenvalue weighted by Crippen LogP contribution is 2.34. The summed E-state index contributed by atoms with van der Waals surface area (Å²) in [5, 5.41) is 0.489. The number of aryl methyl sites for hydroxylation is 1. The normalized spacial score (nSPS) is 17.9. The first-order valence-corrected chi connectivity index (χ1v) is 14.3. The Hall–Kier alpha value is -2.94. The third-order valence-corrected chi connectivity index (χ3v) is 8.13. The number of fused-ring (bicyclic) bond motifs is 1. The van der Waals surface area contributed by atoms with Crippen molar-refractivity contribution in [2.24, 2.45) is 21.8 Å². The van der Waals surface area contributed by atoms with Crippen molar-refractivity contribution in [3.8, 4) is 11.8 Å². The maximum atomic E-state index is 15.3. The Labute approximate surface area is 222 Å². The number of nitrogens with one attached hydrogen (secondary N) is 1. The number of halogens is 1. The lowest BCUT2D eigenvalue weighted by Crippen LogP contribution is -2.33. The Morgan fingerprint density at radius 3 is 2.73 bits per heavy atom. The molecule has 2 aromatic heterocycles. The van der Waals surface area contributed by atoms with Crippen molar-refractivity contribution >= 4 is 45.7 Å². The van der Waals surface area contributed by atoms with Gasteiger partial charge in [0.25, 0.3) is 0 Å². The predicted octanol–water partition coefficient (Wildman–Crippen LogP) is 6.74. The van der Waals surface area contributed by atoms with Crippen LogP contribution >= 0.6 is 11.8 Å². The van der Waals surface area contributed by atoms with Gasteiger partial charge in [0.2, 0.25) is 0 Å². The monoisotopic (exact) mass is 522 g/mol. The Balaban J connectivity index is 1.52. The molecule has 7 nitrogen and oxygen atoms in total. The summed E-state index contributed by atoms with van der Waals surface area (Å²) in [7, 11) is 1.88. The number of thioether (sulfide) groups is 1. The summed E-state index contributed by atoms with van der Waals surface area (Å²) in [6.07, 6.45) is 4.15. The number of rotatable bonds is 9. The van der Waals surface area contributed by atoms with Crippen LogP contribution in [-0.4, -0.2) is 58.0 Å². The number of H-pyrrole nitrogens is 1. The third kappa shape index (κ3) is 5.98. The molecule has 1 unspecified atom stereocenters. The molecule has 1 saturated carbocycles. The lowest BCUT2D eigenvalue weighted by molar-refractivity contribution is 0.414. The third-order valence-electron chi connectivity index (χ3n) is 7.19. The molecule has 0 radical (unpaired) electrons. The second kappa shape index (κ2) is 11.2. The van der Waals surface area contributed by atoms with Crippen molar-refractivity contribution in [3.05, 3.63) is 35.8 Å². The molecule has 1 saturated heterocycles. The van der Waals surface area contributed by atoms with Crippen LogP contribution in [0.5, 0.6) is 11.8 Å². The van der Waals surface area contributed by atoms with E-state index in [1.54, 1.807) is 12.1 Å². The highest BCUT2D eigenvalue weighted by Gasteiger charge is 2.29. The maximum absolute atomic E-state index is 15.3. The molecule has 2 aliphatic rings. The molecule has 2 fully saturated rings. The summed E-state index contributed by atoms with van der Waals surface area (Å²) >= 11 is 1.94. The highest BCUT2D eigenvalue weighted by molar-refractivity contribution is 7.99. The number of hydrogen-bond acceptors (Lipinski definition) is 7. The minimum absolute atomic E-state index is 0.101. The number of aromatic nitrogens is 3. The quantitative estimate of drug-likeness (QED) is 0.315. The number of hydrogen-bond donors (Lipinski definition) is 1. The second-order valence-corrected chi connectivity index (χ2v) is 11.2. The Morgan fingerprint density at radius 1 is 1.24 bits per heavy atom. The summed E-state index contributed by atoms with van der Waals surface area (Å²) in [6.45, 7) is 8.05. The summed E-state index contributed by atoms with van der Waals surface area (Å²) < 4.78 is 21.3. The second-order valence-electron chi connectivity index (χ2n) is 9.94. The molecule has 3 aromatic rings. The molecule has 5 rings (SSSR count). The topological polar surface area (TPSA) is 78.8 Å². The molecule has 3 heterocycles. The fraction of sp³-hybridized carbons (Fsp3) is 0.500. The van der Waals surface area contributed by atoms with Gasteiger partial charge in [-0.3, -0.25) is 4.99 Å². The van der Waals surface area contributed by atoms with Crippen molar-refractivity contribution < 1.29 is 9.13 Å². The van der Waals surface area contributed by atoms with E-state index in [0.29, 0.717) is 23.0 Å². The lowest BCUT2D eigenvalue weighted by Gasteiger charge is -2.27. The summed E-state index contributed by atoms with van der Waals surface area (Å²) in [4.78, 5) is 24.3. The molecule has 1 aromatic carbocycles. The molecule has 1 aliphatic carbocycles. The van der Waals surface area contributed by atoms with Gasteiger partial charge in [0.15, 0.2) is 17.4 Å². The van der Waals surface area contributed by atoms with E-state index >= 15 is 4.39 Å². The smallest absolute Gasteiger partial charge is 0.326 e. The number of nitrogens with zero attached hydrogens (tertiary/aromatic N) is 5. The molecular formula is C28H35FN6OS. The zero-order valence-corrected chi connectivity index (χ0v) is 22.9. The predicted molar refractivity (Wildman–Crippen MR) is 152 cm³/mol. The number of aliphatic imine (C=N–C) groups is 2. The van der Waals surface area contributed by atoms with Crippen LogP contribution in [0.25, 0.3) is 10.9 Å². The highest BCUT2D eigenvalue weighted by atomic mass is 32.2. The summed E-state index contributed by atoms with van der Waals surface area (Å²) in [5.41, 5.74) is 3.91. The first kappa shape index (κ1) is 25.7. The summed E-state index contributed by atoms with van der Waals surface area (Å²) in [5.74, 6) is 3.92. The molecule has 1 N–H and O–H groups in total. The van der Waals surface area contributed by atoms with Crippen molar-refractivity contribution in [2.45, 2.75) is 46.5 Å². The first-order chi connectivity index (χ1) is 17.9. The van der Waals surface area contributed by atoms with Crippen molar-refractivity contribution in [2.75, 3.05) is 36.5 Å². The van der Waals surface area contributed by atoms with Gasteiger partial charge in [-0.05, 0) is 56.2 Å². The van der Waals surface area contributed by atoms with Gasteiger partial charge in [0.1, 0.15) is 5.82 Å². The van der Waals surface area contributed by atoms with Gasteiger partial charge in [0.05, 0.1) is 0 Å². The van der Waals surface area contributed by atoms with E-state index in [1.807, 2.05) is 37.9 Å². The van der Waals surface area contributed by atoms with Crippen LogP contribution in [0.4, 0.5) is 16.0 Å². The van der Waals surface area contributed by atoms with Crippen LogP contribution in [0.3, 0.4) is 0 Å². The zero-order chi connectivity index (χ0) is 25.9. The van der Waals surface area contributed by atoms with Gasteiger partial charge in [-0.15, -0.1) is 0 Å². The van der Waals surface area contributed by atoms with Gasteiger partial charge in [-0.2, -0.15) is 21.7 Å². The average Bonchev–Trinajstić information content (AvgIpc) is 3.68. The Morgan fingerprint density at radius 2 is 2.03 bits per heavy atom. The van der Waals surface area contributed by atoms with Crippen molar-refractivity contribution in [1.82, 2.24) is 15.0 Å². The van der Waals surface area contributed by atoms with E-state index in [2.05, 4.69) is 38.7 Å². The van der Waals surface area contributed by atoms with Gasteiger partial charge >= 0.3 is 6.01 Å². The van der Waals surface area contributed by atoms with Gasteiger partial charge in [0, 0.05) is 72.2 Å². The molecule has 37 heavy (non-hydrogen) atoms. The molecule has 9 heteroatoms. The van der Waals surface area contributed by atoms with Crippen LogP contribution in [-0.2, 0) is 0 Å².